The van der Waals surface area contributed by atoms with Gasteiger partial charge in [-0.25, -0.2) is 0 Å². The molecule has 1 N–H and O–H groups in total. The van der Waals surface area contributed by atoms with Crippen LogP contribution in [0.4, 0.5) is 0 Å². The van der Waals surface area contributed by atoms with Crippen molar-refractivity contribution in [3.63, 3.8) is 0 Å². The van der Waals surface area contributed by atoms with Crippen molar-refractivity contribution in [2.75, 3.05) is 19.6 Å². The first-order chi connectivity index (χ1) is 8.04. The molecule has 0 spiro atoms. The molecule has 100 valence electrons. The molecule has 3 atom stereocenters. The third-order valence-electron chi connectivity index (χ3n) is 4.09. The highest BCUT2D eigenvalue weighted by Gasteiger charge is 2.24. The van der Waals surface area contributed by atoms with Gasteiger partial charge in [0, 0.05) is 25.2 Å². The van der Waals surface area contributed by atoms with Crippen LogP contribution in [0.1, 0.15) is 47.5 Å². The van der Waals surface area contributed by atoms with Crippen LogP contribution in [0.5, 0.6) is 0 Å². The predicted molar refractivity (Wildman–Crippen MR) is 76.3 cm³/mol. The predicted octanol–water partition coefficient (Wildman–Crippen LogP) is 3.05. The molecule has 2 heteroatoms. The Hall–Kier alpha value is -0.340. The number of allylic oxidation sites excluding steroid dienone is 1. The Morgan fingerprint density at radius 3 is 2.76 bits per heavy atom. The van der Waals surface area contributed by atoms with Gasteiger partial charge in [0.2, 0.25) is 0 Å². The molecule has 1 aliphatic heterocycles. The smallest absolute Gasteiger partial charge is 0.0220 e. The molecule has 1 saturated heterocycles. The van der Waals surface area contributed by atoms with Gasteiger partial charge in [-0.3, -0.25) is 4.90 Å². The van der Waals surface area contributed by atoms with Crippen LogP contribution in [0.3, 0.4) is 0 Å². The maximum Gasteiger partial charge on any atom is 0.0220 e. The first-order valence-corrected chi connectivity index (χ1v) is 7.15. The fourth-order valence-electron chi connectivity index (χ4n) is 2.38. The van der Waals surface area contributed by atoms with Crippen LogP contribution in [-0.2, 0) is 0 Å². The second kappa shape index (κ2) is 7.17. The lowest BCUT2D eigenvalue weighted by Crippen LogP contribution is -2.43. The molecule has 0 bridgehead atoms. The Balaban J connectivity index is 2.61. The highest BCUT2D eigenvalue weighted by Crippen LogP contribution is 2.16. The van der Waals surface area contributed by atoms with Crippen LogP contribution in [0.25, 0.3) is 0 Å². The molecule has 0 aliphatic carbocycles. The second-order valence-electron chi connectivity index (χ2n) is 5.82. The zero-order valence-electron chi connectivity index (χ0n) is 12.3. The molecule has 17 heavy (non-hydrogen) atoms. The maximum atomic E-state index is 3.72. The van der Waals surface area contributed by atoms with E-state index < -0.39 is 0 Å². The van der Waals surface area contributed by atoms with E-state index in [0.29, 0.717) is 12.1 Å². The monoisotopic (exact) mass is 238 g/mol. The van der Waals surface area contributed by atoms with Crippen molar-refractivity contribution >= 4 is 0 Å². The zero-order chi connectivity index (χ0) is 12.8. The minimum atomic E-state index is 0.663. The summed E-state index contributed by atoms with van der Waals surface area (Å²) in [6.07, 6.45) is 4.89. The van der Waals surface area contributed by atoms with E-state index in [2.05, 4.69) is 50.9 Å². The molecule has 0 radical (unpaired) electrons. The lowest BCUT2D eigenvalue weighted by Gasteiger charge is -2.30. The molecule has 0 aromatic carbocycles. The molecule has 3 unspecified atom stereocenters. The lowest BCUT2D eigenvalue weighted by atomic mass is 9.99. The summed E-state index contributed by atoms with van der Waals surface area (Å²) in [5.74, 6) is 0.773. The van der Waals surface area contributed by atoms with Crippen molar-refractivity contribution in [1.29, 1.82) is 0 Å². The van der Waals surface area contributed by atoms with Crippen molar-refractivity contribution < 1.29 is 0 Å². The molecule has 0 aromatic heterocycles. The van der Waals surface area contributed by atoms with Gasteiger partial charge in [0.05, 0.1) is 0 Å². The van der Waals surface area contributed by atoms with Crippen molar-refractivity contribution in [1.82, 2.24) is 10.2 Å². The summed E-state index contributed by atoms with van der Waals surface area (Å²) in [5.41, 5.74) is 1.43. The van der Waals surface area contributed by atoms with Crippen LogP contribution >= 0.6 is 0 Å². The van der Waals surface area contributed by atoms with Gasteiger partial charge < -0.3 is 5.32 Å². The molecule has 0 saturated carbocycles. The summed E-state index contributed by atoms with van der Waals surface area (Å²) in [5, 5.41) is 3.72. The molecule has 1 heterocycles. The number of hydrogen-bond donors (Lipinski definition) is 1. The minimum absolute atomic E-state index is 0.663. The summed E-state index contributed by atoms with van der Waals surface area (Å²) in [4.78, 5) is 2.63. The Morgan fingerprint density at radius 2 is 2.18 bits per heavy atom. The van der Waals surface area contributed by atoms with E-state index in [-0.39, 0.29) is 0 Å². The third-order valence-corrected chi connectivity index (χ3v) is 4.09. The van der Waals surface area contributed by atoms with E-state index in [4.69, 9.17) is 0 Å². The Bertz CT molecular complexity index is 243. The quantitative estimate of drug-likeness (QED) is 0.757. The Labute approximate surface area is 107 Å². The van der Waals surface area contributed by atoms with Crippen molar-refractivity contribution in [2.45, 2.75) is 59.5 Å². The minimum Gasteiger partial charge on any atom is -0.312 e. The number of nitrogens with one attached hydrogen (secondary N) is 1. The summed E-state index contributed by atoms with van der Waals surface area (Å²) < 4.78 is 0. The van der Waals surface area contributed by atoms with Crippen LogP contribution in [0, 0.1) is 5.92 Å². The van der Waals surface area contributed by atoms with Gasteiger partial charge in [-0.15, -0.1) is 0 Å². The zero-order valence-corrected chi connectivity index (χ0v) is 12.3. The fraction of sp³-hybridized carbons (Fsp3) is 0.867. The highest BCUT2D eigenvalue weighted by molar-refractivity contribution is 4.97. The third kappa shape index (κ3) is 4.81. The largest absolute Gasteiger partial charge is 0.312 e. The second-order valence-corrected chi connectivity index (χ2v) is 5.82. The van der Waals surface area contributed by atoms with Gasteiger partial charge in [-0.1, -0.05) is 31.9 Å². The standard InChI is InChI=1S/C15H30N2/c1-6-13(4)15-11-17(10-8-12(2)3)14(5)7-9-16-15/h8,13-16H,6-7,9-11H2,1-5H3. The summed E-state index contributed by atoms with van der Waals surface area (Å²) >= 11 is 0. The average molecular weight is 238 g/mol. The van der Waals surface area contributed by atoms with Crippen LogP contribution < -0.4 is 5.32 Å². The highest BCUT2D eigenvalue weighted by atomic mass is 15.2. The molecule has 1 rings (SSSR count). The van der Waals surface area contributed by atoms with E-state index in [1.807, 2.05) is 0 Å². The van der Waals surface area contributed by atoms with Gasteiger partial charge in [0.15, 0.2) is 0 Å². The molecular formula is C15H30N2. The topological polar surface area (TPSA) is 15.3 Å². The number of rotatable bonds is 4. The first-order valence-electron chi connectivity index (χ1n) is 7.15. The van der Waals surface area contributed by atoms with E-state index in [0.717, 1.165) is 12.5 Å². The van der Waals surface area contributed by atoms with Crippen LogP contribution in [0.2, 0.25) is 0 Å². The number of hydrogen-bond acceptors (Lipinski definition) is 2. The molecule has 1 aliphatic rings. The van der Waals surface area contributed by atoms with E-state index in [1.165, 1.54) is 31.5 Å². The van der Waals surface area contributed by atoms with Crippen LogP contribution in [0.15, 0.2) is 11.6 Å². The molecule has 1 fully saturated rings. The Kier molecular flexibility index (Phi) is 6.21. The molecular weight excluding hydrogens is 208 g/mol. The first kappa shape index (κ1) is 14.7. The van der Waals surface area contributed by atoms with Gasteiger partial charge >= 0.3 is 0 Å². The SMILES string of the molecule is CCC(C)C1CN(CC=C(C)C)C(C)CCN1. The van der Waals surface area contributed by atoms with E-state index in [1.54, 1.807) is 0 Å². The van der Waals surface area contributed by atoms with E-state index in [9.17, 15) is 0 Å². The Morgan fingerprint density at radius 1 is 1.47 bits per heavy atom. The molecule has 0 amide bonds. The fourth-order valence-corrected chi connectivity index (χ4v) is 2.38. The van der Waals surface area contributed by atoms with Gasteiger partial charge in [0.25, 0.3) is 0 Å². The summed E-state index contributed by atoms with van der Waals surface area (Å²) in [6.45, 7) is 14.9. The normalized spacial score (nSPS) is 28.5. The lowest BCUT2D eigenvalue weighted by molar-refractivity contribution is 0.207. The molecule has 2 nitrogen and oxygen atoms in total. The summed E-state index contributed by atoms with van der Waals surface area (Å²) in [7, 11) is 0. The average Bonchev–Trinajstić information content (AvgIpc) is 2.47. The van der Waals surface area contributed by atoms with E-state index >= 15 is 0 Å². The van der Waals surface area contributed by atoms with Crippen molar-refractivity contribution in [3.8, 4) is 0 Å². The van der Waals surface area contributed by atoms with Gasteiger partial charge in [0.1, 0.15) is 0 Å². The van der Waals surface area contributed by atoms with Crippen LogP contribution in [-0.4, -0.2) is 36.6 Å². The maximum absolute atomic E-state index is 3.72. The van der Waals surface area contributed by atoms with Gasteiger partial charge in [-0.05, 0) is 39.7 Å². The van der Waals surface area contributed by atoms with Gasteiger partial charge in [-0.2, -0.15) is 0 Å². The summed E-state index contributed by atoms with van der Waals surface area (Å²) in [6, 6.07) is 1.36. The van der Waals surface area contributed by atoms with Crippen molar-refractivity contribution in [2.24, 2.45) is 5.92 Å². The molecule has 0 aromatic rings. The number of nitrogens with zero attached hydrogens (tertiary/aromatic N) is 1. The van der Waals surface area contributed by atoms with Crippen molar-refractivity contribution in [3.05, 3.63) is 11.6 Å².